The van der Waals surface area contributed by atoms with Gasteiger partial charge < -0.3 is 15.0 Å². The molecule has 1 aliphatic heterocycles. The van der Waals surface area contributed by atoms with Crippen LogP contribution in [0.15, 0.2) is 30.3 Å². The minimum Gasteiger partial charge on any atom is -0.455 e. The molecule has 0 radical (unpaired) electrons. The second kappa shape index (κ2) is 9.70. The Labute approximate surface area is 158 Å². The maximum absolute atomic E-state index is 12.3. The Morgan fingerprint density at radius 3 is 2.63 bits per heavy atom. The SMILES string of the molecule is CCCNC(=O)NC(=O)COC(=O)[C@H]1CC(=O)N([C@@H](C)c2ccccc2)C1. The van der Waals surface area contributed by atoms with Crippen molar-refractivity contribution in [1.82, 2.24) is 15.5 Å². The van der Waals surface area contributed by atoms with Gasteiger partial charge in [-0.05, 0) is 18.9 Å². The lowest BCUT2D eigenvalue weighted by molar-refractivity contribution is -0.152. The van der Waals surface area contributed by atoms with Crippen LogP contribution in [-0.2, 0) is 19.1 Å². The molecule has 2 atom stereocenters. The first kappa shape index (κ1) is 20.4. The summed E-state index contributed by atoms with van der Waals surface area (Å²) in [5.74, 6) is -2.08. The number of ether oxygens (including phenoxy) is 1. The Kier molecular flexibility index (Phi) is 7.34. The van der Waals surface area contributed by atoms with E-state index < -0.39 is 30.4 Å². The van der Waals surface area contributed by atoms with Gasteiger partial charge in [-0.3, -0.25) is 19.7 Å². The molecular formula is C19H25N3O5. The van der Waals surface area contributed by atoms with E-state index in [9.17, 15) is 19.2 Å². The molecule has 2 rings (SSSR count). The van der Waals surface area contributed by atoms with Crippen molar-refractivity contribution in [1.29, 1.82) is 0 Å². The van der Waals surface area contributed by atoms with E-state index in [0.717, 1.165) is 12.0 Å². The van der Waals surface area contributed by atoms with Crippen LogP contribution < -0.4 is 10.6 Å². The van der Waals surface area contributed by atoms with Crippen LogP contribution >= 0.6 is 0 Å². The second-order valence-corrected chi connectivity index (χ2v) is 6.45. The van der Waals surface area contributed by atoms with Gasteiger partial charge in [0.1, 0.15) is 0 Å². The molecule has 1 aromatic rings. The number of benzene rings is 1. The number of esters is 1. The molecule has 0 aliphatic carbocycles. The van der Waals surface area contributed by atoms with Gasteiger partial charge in [-0.2, -0.15) is 0 Å². The van der Waals surface area contributed by atoms with E-state index in [4.69, 9.17) is 4.74 Å². The van der Waals surface area contributed by atoms with Crippen LogP contribution in [0.3, 0.4) is 0 Å². The van der Waals surface area contributed by atoms with E-state index in [1.165, 1.54) is 0 Å². The highest BCUT2D eigenvalue weighted by Crippen LogP contribution is 2.28. The Balaban J connectivity index is 1.81. The van der Waals surface area contributed by atoms with Crippen LogP contribution in [0.2, 0.25) is 0 Å². The molecule has 146 valence electrons. The van der Waals surface area contributed by atoms with Crippen molar-refractivity contribution in [3.05, 3.63) is 35.9 Å². The molecule has 0 bridgehead atoms. The molecule has 1 saturated heterocycles. The highest BCUT2D eigenvalue weighted by Gasteiger charge is 2.38. The van der Waals surface area contributed by atoms with Crippen LogP contribution in [0, 0.1) is 5.92 Å². The summed E-state index contributed by atoms with van der Waals surface area (Å²) in [5, 5.41) is 4.56. The van der Waals surface area contributed by atoms with Crippen molar-refractivity contribution >= 4 is 23.8 Å². The van der Waals surface area contributed by atoms with Crippen LogP contribution in [0.25, 0.3) is 0 Å². The van der Waals surface area contributed by atoms with Crippen molar-refractivity contribution in [3.63, 3.8) is 0 Å². The average Bonchev–Trinajstić information content (AvgIpc) is 3.06. The Hall–Kier alpha value is -2.90. The van der Waals surface area contributed by atoms with E-state index in [2.05, 4.69) is 10.6 Å². The van der Waals surface area contributed by atoms with Crippen molar-refractivity contribution in [2.75, 3.05) is 19.7 Å². The zero-order valence-electron chi connectivity index (χ0n) is 15.6. The first-order valence-corrected chi connectivity index (χ1v) is 9.01. The highest BCUT2D eigenvalue weighted by molar-refractivity contribution is 5.96. The number of carbonyl (C=O) groups is 4. The highest BCUT2D eigenvalue weighted by atomic mass is 16.5. The number of amides is 4. The Morgan fingerprint density at radius 2 is 1.96 bits per heavy atom. The standard InChI is InChI=1S/C19H25N3O5/c1-3-9-20-19(26)21-16(23)12-27-18(25)15-10-17(24)22(11-15)13(2)14-7-5-4-6-8-14/h4-8,13,15H,3,9-12H2,1-2H3,(H2,20,21,23,26)/t13-,15-/m0/s1. The molecule has 1 fully saturated rings. The first-order valence-electron chi connectivity index (χ1n) is 9.01. The van der Waals surface area contributed by atoms with Gasteiger partial charge >= 0.3 is 12.0 Å². The maximum Gasteiger partial charge on any atom is 0.321 e. The number of urea groups is 1. The summed E-state index contributed by atoms with van der Waals surface area (Å²) in [6.45, 7) is 3.92. The van der Waals surface area contributed by atoms with Gasteiger partial charge in [-0.1, -0.05) is 37.3 Å². The van der Waals surface area contributed by atoms with E-state index in [1.54, 1.807) is 4.90 Å². The van der Waals surface area contributed by atoms with Gasteiger partial charge in [-0.25, -0.2) is 4.79 Å². The number of nitrogens with one attached hydrogen (secondary N) is 2. The quantitative estimate of drug-likeness (QED) is 0.701. The van der Waals surface area contributed by atoms with E-state index >= 15 is 0 Å². The first-order chi connectivity index (χ1) is 12.9. The molecule has 0 unspecified atom stereocenters. The summed E-state index contributed by atoms with van der Waals surface area (Å²) in [5.41, 5.74) is 0.984. The van der Waals surface area contributed by atoms with Gasteiger partial charge in [-0.15, -0.1) is 0 Å². The van der Waals surface area contributed by atoms with Crippen LogP contribution in [0.5, 0.6) is 0 Å². The molecular weight excluding hydrogens is 350 g/mol. The molecule has 4 amide bonds. The van der Waals surface area contributed by atoms with Crippen molar-refractivity contribution < 1.29 is 23.9 Å². The third kappa shape index (κ3) is 5.80. The van der Waals surface area contributed by atoms with E-state index in [-0.39, 0.29) is 24.9 Å². The zero-order valence-corrected chi connectivity index (χ0v) is 15.6. The smallest absolute Gasteiger partial charge is 0.321 e. The molecule has 0 spiro atoms. The number of carbonyl (C=O) groups excluding carboxylic acids is 4. The van der Waals surface area contributed by atoms with Gasteiger partial charge in [0.05, 0.1) is 12.0 Å². The van der Waals surface area contributed by atoms with Crippen LogP contribution in [0.1, 0.15) is 38.3 Å². The zero-order chi connectivity index (χ0) is 19.8. The fourth-order valence-corrected chi connectivity index (χ4v) is 2.88. The summed E-state index contributed by atoms with van der Waals surface area (Å²) in [4.78, 5) is 49.1. The second-order valence-electron chi connectivity index (χ2n) is 6.45. The van der Waals surface area contributed by atoms with Crippen molar-refractivity contribution in [3.8, 4) is 0 Å². The number of likely N-dealkylation sites (tertiary alicyclic amines) is 1. The predicted molar refractivity (Wildman–Crippen MR) is 97.5 cm³/mol. The van der Waals surface area contributed by atoms with Gasteiger partial charge in [0.2, 0.25) is 5.91 Å². The van der Waals surface area contributed by atoms with Gasteiger partial charge in [0, 0.05) is 19.5 Å². The van der Waals surface area contributed by atoms with E-state index in [1.807, 2.05) is 44.2 Å². The molecule has 0 saturated carbocycles. The average molecular weight is 375 g/mol. The normalized spacial score (nSPS) is 17.3. The number of rotatable bonds is 7. The minimum atomic E-state index is -0.712. The topological polar surface area (TPSA) is 105 Å². The number of nitrogens with zero attached hydrogens (tertiary/aromatic N) is 1. The largest absolute Gasteiger partial charge is 0.455 e. The molecule has 1 aliphatic rings. The molecule has 1 heterocycles. The molecule has 8 heteroatoms. The number of hydrogen-bond donors (Lipinski definition) is 2. The molecule has 27 heavy (non-hydrogen) atoms. The van der Waals surface area contributed by atoms with Gasteiger partial charge in [0.25, 0.3) is 5.91 Å². The number of hydrogen-bond acceptors (Lipinski definition) is 5. The summed E-state index contributed by atoms with van der Waals surface area (Å²) >= 11 is 0. The minimum absolute atomic E-state index is 0.0502. The Morgan fingerprint density at radius 1 is 1.26 bits per heavy atom. The Bertz CT molecular complexity index is 692. The molecule has 0 aromatic heterocycles. The summed E-state index contributed by atoms with van der Waals surface area (Å²) < 4.78 is 4.97. The fraction of sp³-hybridized carbons (Fsp3) is 0.474. The summed E-state index contributed by atoms with van der Waals surface area (Å²) in [6.07, 6.45) is 0.790. The predicted octanol–water partition coefficient (Wildman–Crippen LogP) is 1.38. The van der Waals surface area contributed by atoms with Crippen molar-refractivity contribution in [2.45, 2.75) is 32.7 Å². The molecule has 8 nitrogen and oxygen atoms in total. The lowest BCUT2D eigenvalue weighted by Gasteiger charge is -2.25. The lowest BCUT2D eigenvalue weighted by atomic mass is 10.1. The number of imide groups is 1. The van der Waals surface area contributed by atoms with Crippen LogP contribution in [-0.4, -0.2) is 48.4 Å². The van der Waals surface area contributed by atoms with Gasteiger partial charge in [0.15, 0.2) is 6.61 Å². The fourth-order valence-electron chi connectivity index (χ4n) is 2.88. The molecule has 1 aromatic carbocycles. The molecule has 2 N–H and O–H groups in total. The van der Waals surface area contributed by atoms with Crippen molar-refractivity contribution in [2.24, 2.45) is 5.92 Å². The maximum atomic E-state index is 12.3. The van der Waals surface area contributed by atoms with E-state index in [0.29, 0.717) is 6.54 Å². The lowest BCUT2D eigenvalue weighted by Crippen LogP contribution is -2.42. The van der Waals surface area contributed by atoms with Crippen LogP contribution in [0.4, 0.5) is 4.79 Å². The third-order valence-corrected chi connectivity index (χ3v) is 4.38. The monoisotopic (exact) mass is 375 g/mol. The summed E-state index contributed by atoms with van der Waals surface area (Å²) in [7, 11) is 0. The third-order valence-electron chi connectivity index (χ3n) is 4.38. The summed E-state index contributed by atoms with van der Waals surface area (Å²) in [6, 6.07) is 8.77.